The molecule has 4 heteroatoms. The Labute approximate surface area is 166 Å². The average Bonchev–Trinajstić information content (AvgIpc) is 2.61. The number of ether oxygens (including phenoxy) is 1. The smallest absolute Gasteiger partial charge is 0.213 e. The molecule has 0 radical (unpaired) electrons. The topological polar surface area (TPSA) is 34.1 Å². The second-order valence-corrected chi connectivity index (χ2v) is 8.83. The standard InChI is InChI=1S/C22H31BrN2O/c1-22(2,3)14-15-24-18(11-10-17-8-6-5-7-9-17)16-20-19(23)12-13-21(25-20)26-4/h5-9,12-13,18,24H,10-11,14-16H2,1-4H3. The lowest BCUT2D eigenvalue weighted by Crippen LogP contribution is -2.34. The van der Waals surface area contributed by atoms with Crippen LogP contribution in [0.5, 0.6) is 5.88 Å². The molecule has 3 nitrogen and oxygen atoms in total. The predicted octanol–water partition coefficient (Wildman–Crippen LogP) is 5.42. The molecule has 1 heterocycles. The molecule has 1 aromatic heterocycles. The van der Waals surface area contributed by atoms with Crippen LogP contribution in [0, 0.1) is 5.41 Å². The van der Waals surface area contributed by atoms with Gasteiger partial charge in [0.15, 0.2) is 0 Å². The fraction of sp³-hybridized carbons (Fsp3) is 0.500. The van der Waals surface area contributed by atoms with E-state index < -0.39 is 0 Å². The van der Waals surface area contributed by atoms with Crippen LogP contribution in [0.15, 0.2) is 46.9 Å². The van der Waals surface area contributed by atoms with Crippen molar-refractivity contribution in [1.29, 1.82) is 0 Å². The Hall–Kier alpha value is -1.39. The zero-order valence-electron chi connectivity index (χ0n) is 16.4. The van der Waals surface area contributed by atoms with Crippen molar-refractivity contribution >= 4 is 15.9 Å². The highest BCUT2D eigenvalue weighted by atomic mass is 79.9. The summed E-state index contributed by atoms with van der Waals surface area (Å²) in [6.07, 6.45) is 4.19. The third-order valence-corrected chi connectivity index (χ3v) is 5.20. The van der Waals surface area contributed by atoms with Crippen LogP contribution in [0.1, 0.15) is 44.9 Å². The Morgan fingerprint density at radius 1 is 1.12 bits per heavy atom. The second-order valence-electron chi connectivity index (χ2n) is 7.97. The highest BCUT2D eigenvalue weighted by Crippen LogP contribution is 2.22. The highest BCUT2D eigenvalue weighted by molar-refractivity contribution is 9.10. The van der Waals surface area contributed by atoms with Gasteiger partial charge in [-0.1, -0.05) is 51.1 Å². The van der Waals surface area contributed by atoms with Gasteiger partial charge in [0.25, 0.3) is 0 Å². The van der Waals surface area contributed by atoms with E-state index in [1.807, 2.05) is 12.1 Å². The molecule has 1 aromatic carbocycles. The van der Waals surface area contributed by atoms with E-state index in [9.17, 15) is 0 Å². The maximum atomic E-state index is 5.29. The molecule has 26 heavy (non-hydrogen) atoms. The molecule has 2 aromatic rings. The summed E-state index contributed by atoms with van der Waals surface area (Å²) >= 11 is 3.64. The number of methoxy groups -OCH3 is 1. The van der Waals surface area contributed by atoms with Crippen molar-refractivity contribution in [3.63, 3.8) is 0 Å². The summed E-state index contributed by atoms with van der Waals surface area (Å²) in [6, 6.07) is 15.0. The second kappa shape index (κ2) is 10.1. The van der Waals surface area contributed by atoms with Crippen LogP contribution in [-0.4, -0.2) is 24.7 Å². The number of nitrogens with zero attached hydrogens (tertiary/aromatic N) is 1. The normalized spacial score (nSPS) is 12.8. The van der Waals surface area contributed by atoms with Gasteiger partial charge in [0.2, 0.25) is 5.88 Å². The van der Waals surface area contributed by atoms with Crippen molar-refractivity contribution in [3.05, 3.63) is 58.2 Å². The molecule has 0 aliphatic rings. The molecule has 0 fully saturated rings. The summed E-state index contributed by atoms with van der Waals surface area (Å²) in [7, 11) is 1.66. The number of rotatable bonds is 9. The first-order valence-corrected chi connectivity index (χ1v) is 10.1. The molecule has 0 aliphatic carbocycles. The maximum absolute atomic E-state index is 5.29. The average molecular weight is 419 g/mol. The first-order chi connectivity index (χ1) is 12.4. The molecule has 0 amide bonds. The van der Waals surface area contributed by atoms with Crippen molar-refractivity contribution in [3.8, 4) is 5.88 Å². The molecular formula is C22H31BrN2O. The lowest BCUT2D eigenvalue weighted by molar-refractivity contribution is 0.347. The fourth-order valence-corrected chi connectivity index (χ4v) is 3.25. The molecule has 0 aliphatic heterocycles. The summed E-state index contributed by atoms with van der Waals surface area (Å²) in [4.78, 5) is 4.63. The molecule has 142 valence electrons. The summed E-state index contributed by atoms with van der Waals surface area (Å²) in [6.45, 7) is 7.88. The summed E-state index contributed by atoms with van der Waals surface area (Å²) in [5, 5.41) is 3.76. The number of aromatic nitrogens is 1. The Morgan fingerprint density at radius 3 is 2.50 bits per heavy atom. The lowest BCUT2D eigenvalue weighted by atomic mass is 9.92. The zero-order valence-corrected chi connectivity index (χ0v) is 18.0. The highest BCUT2D eigenvalue weighted by Gasteiger charge is 2.16. The van der Waals surface area contributed by atoms with Gasteiger partial charge in [-0.05, 0) is 58.8 Å². The molecule has 0 saturated heterocycles. The Bertz CT molecular complexity index is 668. The maximum Gasteiger partial charge on any atom is 0.213 e. The van der Waals surface area contributed by atoms with E-state index in [1.165, 1.54) is 5.56 Å². The van der Waals surface area contributed by atoms with Gasteiger partial charge in [-0.15, -0.1) is 0 Å². The predicted molar refractivity (Wildman–Crippen MR) is 113 cm³/mol. The fourth-order valence-electron chi connectivity index (χ4n) is 2.87. The quantitative estimate of drug-likeness (QED) is 0.589. The number of benzene rings is 1. The molecular weight excluding hydrogens is 388 g/mol. The van der Waals surface area contributed by atoms with Crippen molar-refractivity contribution in [2.45, 2.75) is 52.5 Å². The zero-order chi connectivity index (χ0) is 19.0. The number of pyridine rings is 1. The van der Waals surface area contributed by atoms with Crippen LogP contribution < -0.4 is 10.1 Å². The van der Waals surface area contributed by atoms with Crippen LogP contribution in [-0.2, 0) is 12.8 Å². The summed E-state index contributed by atoms with van der Waals surface area (Å²) in [5.74, 6) is 0.666. The van der Waals surface area contributed by atoms with E-state index in [0.717, 1.165) is 42.4 Å². The lowest BCUT2D eigenvalue weighted by Gasteiger charge is -2.23. The summed E-state index contributed by atoms with van der Waals surface area (Å²) in [5.41, 5.74) is 2.77. The minimum Gasteiger partial charge on any atom is -0.481 e. The molecule has 1 atom stereocenters. The van der Waals surface area contributed by atoms with Crippen molar-refractivity contribution < 1.29 is 4.74 Å². The van der Waals surface area contributed by atoms with Crippen molar-refractivity contribution in [2.75, 3.05) is 13.7 Å². The van der Waals surface area contributed by atoms with Crippen LogP contribution >= 0.6 is 15.9 Å². The molecule has 0 spiro atoms. The first kappa shape index (κ1) is 20.9. The van der Waals surface area contributed by atoms with Crippen LogP contribution in [0.2, 0.25) is 0 Å². The Morgan fingerprint density at radius 2 is 1.85 bits per heavy atom. The van der Waals surface area contributed by atoms with Gasteiger partial charge in [0.1, 0.15) is 0 Å². The summed E-state index contributed by atoms with van der Waals surface area (Å²) < 4.78 is 6.34. The molecule has 2 rings (SSSR count). The molecule has 0 saturated carbocycles. The van der Waals surface area contributed by atoms with E-state index >= 15 is 0 Å². The van der Waals surface area contributed by atoms with E-state index in [0.29, 0.717) is 17.3 Å². The number of hydrogen-bond donors (Lipinski definition) is 1. The Balaban J connectivity index is 2.03. The minimum atomic E-state index is 0.339. The number of nitrogens with one attached hydrogen (secondary N) is 1. The van der Waals surface area contributed by atoms with Crippen molar-refractivity contribution in [1.82, 2.24) is 10.3 Å². The third-order valence-electron chi connectivity index (χ3n) is 4.47. The largest absolute Gasteiger partial charge is 0.481 e. The van der Waals surface area contributed by atoms with Crippen LogP contribution in [0.4, 0.5) is 0 Å². The number of hydrogen-bond acceptors (Lipinski definition) is 3. The minimum absolute atomic E-state index is 0.339. The van der Waals surface area contributed by atoms with Gasteiger partial charge >= 0.3 is 0 Å². The van der Waals surface area contributed by atoms with E-state index in [4.69, 9.17) is 4.74 Å². The van der Waals surface area contributed by atoms with Gasteiger partial charge < -0.3 is 10.1 Å². The van der Waals surface area contributed by atoms with Gasteiger partial charge in [-0.3, -0.25) is 0 Å². The van der Waals surface area contributed by atoms with E-state index in [2.05, 4.69) is 77.3 Å². The van der Waals surface area contributed by atoms with E-state index in [1.54, 1.807) is 7.11 Å². The van der Waals surface area contributed by atoms with Gasteiger partial charge in [-0.2, -0.15) is 0 Å². The molecule has 1 unspecified atom stereocenters. The monoisotopic (exact) mass is 418 g/mol. The van der Waals surface area contributed by atoms with Gasteiger partial charge in [0, 0.05) is 23.0 Å². The SMILES string of the molecule is COc1ccc(Br)c(CC(CCc2ccccc2)NCCC(C)(C)C)n1. The molecule has 0 bridgehead atoms. The van der Waals surface area contributed by atoms with E-state index in [-0.39, 0.29) is 0 Å². The van der Waals surface area contributed by atoms with Crippen LogP contribution in [0.3, 0.4) is 0 Å². The number of aryl methyl sites for hydroxylation is 1. The van der Waals surface area contributed by atoms with Gasteiger partial charge in [0.05, 0.1) is 12.8 Å². The third kappa shape index (κ3) is 7.46. The first-order valence-electron chi connectivity index (χ1n) is 9.34. The van der Waals surface area contributed by atoms with Crippen molar-refractivity contribution in [2.24, 2.45) is 5.41 Å². The molecule has 1 N–H and O–H groups in total. The van der Waals surface area contributed by atoms with Crippen LogP contribution in [0.25, 0.3) is 0 Å². The van der Waals surface area contributed by atoms with Gasteiger partial charge in [-0.25, -0.2) is 4.98 Å². The Kier molecular flexibility index (Phi) is 8.11. The number of halogens is 1.